The molecule has 27 heavy (non-hydrogen) atoms. The van der Waals surface area contributed by atoms with E-state index in [0.29, 0.717) is 17.1 Å². The van der Waals surface area contributed by atoms with Crippen molar-refractivity contribution < 1.29 is 9.53 Å². The van der Waals surface area contributed by atoms with E-state index in [0.717, 1.165) is 29.7 Å². The Hall–Kier alpha value is -1.40. The number of amides is 1. The van der Waals surface area contributed by atoms with Gasteiger partial charge in [-0.15, -0.1) is 0 Å². The number of ether oxygens (including phenoxy) is 1. The zero-order chi connectivity index (χ0) is 19.4. The standard InChI is InChI=1S/C21H24BrClN2O2/c1-14-11-25(12-15(2)27-14)13-17-5-3-16(4-6-17)10-24-21(26)19-8-7-18(22)9-20(19)23/h3-9,14-15H,10-13H2,1-2H3,(H,24,26). The van der Waals surface area contributed by atoms with Gasteiger partial charge >= 0.3 is 0 Å². The van der Waals surface area contributed by atoms with Gasteiger partial charge in [-0.2, -0.15) is 0 Å². The van der Waals surface area contributed by atoms with Crippen LogP contribution in [0.15, 0.2) is 46.9 Å². The van der Waals surface area contributed by atoms with E-state index in [1.54, 1.807) is 12.1 Å². The van der Waals surface area contributed by atoms with Crippen molar-refractivity contribution in [2.24, 2.45) is 0 Å². The normalized spacial score (nSPS) is 20.4. The SMILES string of the molecule is CC1CN(Cc2ccc(CNC(=O)c3ccc(Br)cc3Cl)cc2)CC(C)O1. The second-order valence-electron chi connectivity index (χ2n) is 7.07. The fourth-order valence-electron chi connectivity index (χ4n) is 3.39. The zero-order valence-corrected chi connectivity index (χ0v) is 17.9. The fourth-order valence-corrected chi connectivity index (χ4v) is 4.14. The van der Waals surface area contributed by atoms with Gasteiger partial charge in [-0.3, -0.25) is 9.69 Å². The lowest BCUT2D eigenvalue weighted by atomic mass is 10.1. The topological polar surface area (TPSA) is 41.6 Å². The van der Waals surface area contributed by atoms with Crippen molar-refractivity contribution in [2.75, 3.05) is 13.1 Å². The van der Waals surface area contributed by atoms with Crippen molar-refractivity contribution in [3.8, 4) is 0 Å². The van der Waals surface area contributed by atoms with Crippen LogP contribution in [-0.2, 0) is 17.8 Å². The summed E-state index contributed by atoms with van der Waals surface area (Å²) in [5, 5.41) is 3.36. The van der Waals surface area contributed by atoms with E-state index in [1.807, 2.05) is 6.07 Å². The average Bonchev–Trinajstić information content (AvgIpc) is 2.60. The highest BCUT2D eigenvalue weighted by atomic mass is 79.9. The molecule has 6 heteroatoms. The van der Waals surface area contributed by atoms with Crippen molar-refractivity contribution in [3.63, 3.8) is 0 Å². The van der Waals surface area contributed by atoms with E-state index < -0.39 is 0 Å². The number of halogens is 2. The molecular formula is C21H24BrClN2O2. The first-order valence-electron chi connectivity index (χ1n) is 9.09. The molecular weight excluding hydrogens is 428 g/mol. The van der Waals surface area contributed by atoms with Crippen LogP contribution in [0.25, 0.3) is 0 Å². The van der Waals surface area contributed by atoms with Gasteiger partial charge in [0.2, 0.25) is 0 Å². The molecule has 3 rings (SSSR count). The summed E-state index contributed by atoms with van der Waals surface area (Å²) in [7, 11) is 0. The van der Waals surface area contributed by atoms with Crippen LogP contribution in [0.2, 0.25) is 5.02 Å². The molecule has 0 aromatic heterocycles. The number of nitrogens with zero attached hydrogens (tertiary/aromatic N) is 1. The molecule has 1 aliphatic rings. The van der Waals surface area contributed by atoms with Gasteiger partial charge in [0.1, 0.15) is 0 Å². The van der Waals surface area contributed by atoms with Crippen molar-refractivity contribution in [2.45, 2.75) is 39.1 Å². The molecule has 0 saturated carbocycles. The number of benzene rings is 2. The third kappa shape index (κ3) is 5.79. The highest BCUT2D eigenvalue weighted by Crippen LogP contribution is 2.21. The Morgan fingerprint density at radius 3 is 2.41 bits per heavy atom. The van der Waals surface area contributed by atoms with Crippen molar-refractivity contribution in [1.29, 1.82) is 0 Å². The number of hydrogen-bond acceptors (Lipinski definition) is 3. The summed E-state index contributed by atoms with van der Waals surface area (Å²) in [5.74, 6) is -0.173. The Labute approximate surface area is 174 Å². The Kier molecular flexibility index (Phi) is 6.93. The van der Waals surface area contributed by atoms with E-state index >= 15 is 0 Å². The van der Waals surface area contributed by atoms with E-state index in [-0.39, 0.29) is 18.1 Å². The third-order valence-electron chi connectivity index (χ3n) is 4.55. The Balaban J connectivity index is 1.54. The molecule has 0 aliphatic carbocycles. The second kappa shape index (κ2) is 9.20. The molecule has 2 aromatic carbocycles. The van der Waals surface area contributed by atoms with E-state index in [4.69, 9.17) is 16.3 Å². The number of nitrogens with one attached hydrogen (secondary N) is 1. The monoisotopic (exact) mass is 450 g/mol. The van der Waals surface area contributed by atoms with Crippen LogP contribution in [0.3, 0.4) is 0 Å². The first kappa shape index (κ1) is 20.3. The molecule has 1 aliphatic heterocycles. The summed E-state index contributed by atoms with van der Waals surface area (Å²) in [6.45, 7) is 7.53. The molecule has 1 N–H and O–H groups in total. The van der Waals surface area contributed by atoms with Gasteiger partial charge in [0, 0.05) is 30.7 Å². The van der Waals surface area contributed by atoms with Crippen molar-refractivity contribution in [1.82, 2.24) is 10.2 Å². The molecule has 1 amide bonds. The van der Waals surface area contributed by atoms with E-state index in [1.165, 1.54) is 5.56 Å². The summed E-state index contributed by atoms with van der Waals surface area (Å²) in [6, 6.07) is 13.6. The number of hydrogen-bond donors (Lipinski definition) is 1. The van der Waals surface area contributed by atoms with Crippen LogP contribution in [0.5, 0.6) is 0 Å². The minimum atomic E-state index is -0.173. The Morgan fingerprint density at radius 1 is 1.15 bits per heavy atom. The molecule has 1 saturated heterocycles. The predicted octanol–water partition coefficient (Wildman–Crippen LogP) is 4.64. The first-order chi connectivity index (χ1) is 12.9. The highest BCUT2D eigenvalue weighted by Gasteiger charge is 2.21. The Bertz CT molecular complexity index is 787. The summed E-state index contributed by atoms with van der Waals surface area (Å²) in [6.07, 6.45) is 0.544. The molecule has 4 nitrogen and oxygen atoms in total. The van der Waals surface area contributed by atoms with Gasteiger partial charge in [-0.1, -0.05) is 51.8 Å². The average molecular weight is 452 g/mol. The molecule has 1 fully saturated rings. The summed E-state index contributed by atoms with van der Waals surface area (Å²) >= 11 is 9.48. The largest absolute Gasteiger partial charge is 0.373 e. The summed E-state index contributed by atoms with van der Waals surface area (Å²) in [5.41, 5.74) is 2.80. The van der Waals surface area contributed by atoms with Crippen LogP contribution in [-0.4, -0.2) is 36.1 Å². The van der Waals surface area contributed by atoms with Gasteiger partial charge < -0.3 is 10.1 Å². The summed E-state index contributed by atoms with van der Waals surface area (Å²) < 4.78 is 6.64. The lowest BCUT2D eigenvalue weighted by Crippen LogP contribution is -2.44. The van der Waals surface area contributed by atoms with E-state index in [2.05, 4.69) is 64.3 Å². The number of rotatable bonds is 5. The second-order valence-corrected chi connectivity index (χ2v) is 8.40. The molecule has 0 bridgehead atoms. The maximum Gasteiger partial charge on any atom is 0.253 e. The van der Waals surface area contributed by atoms with Crippen LogP contribution in [0.4, 0.5) is 0 Å². The smallest absolute Gasteiger partial charge is 0.253 e. The predicted molar refractivity (Wildman–Crippen MR) is 112 cm³/mol. The molecule has 1 heterocycles. The number of carbonyl (C=O) groups excluding carboxylic acids is 1. The van der Waals surface area contributed by atoms with Gasteiger partial charge in [-0.05, 0) is 43.2 Å². The molecule has 0 radical (unpaired) electrons. The van der Waals surface area contributed by atoms with Crippen LogP contribution in [0, 0.1) is 0 Å². The van der Waals surface area contributed by atoms with Crippen molar-refractivity contribution in [3.05, 3.63) is 68.7 Å². The maximum absolute atomic E-state index is 12.3. The minimum absolute atomic E-state index is 0.173. The Morgan fingerprint density at radius 2 is 1.78 bits per heavy atom. The zero-order valence-electron chi connectivity index (χ0n) is 15.5. The minimum Gasteiger partial charge on any atom is -0.373 e. The first-order valence-corrected chi connectivity index (χ1v) is 10.3. The lowest BCUT2D eigenvalue weighted by molar-refractivity contribution is -0.0704. The van der Waals surface area contributed by atoms with Gasteiger partial charge in [0.15, 0.2) is 0 Å². The quantitative estimate of drug-likeness (QED) is 0.720. The van der Waals surface area contributed by atoms with Crippen LogP contribution >= 0.6 is 27.5 Å². The number of morpholine rings is 1. The summed E-state index contributed by atoms with van der Waals surface area (Å²) in [4.78, 5) is 14.7. The van der Waals surface area contributed by atoms with Gasteiger partial charge in [0.25, 0.3) is 5.91 Å². The van der Waals surface area contributed by atoms with E-state index in [9.17, 15) is 4.79 Å². The van der Waals surface area contributed by atoms with Gasteiger partial charge in [0.05, 0.1) is 22.8 Å². The van der Waals surface area contributed by atoms with Crippen LogP contribution in [0.1, 0.15) is 35.3 Å². The number of carbonyl (C=O) groups is 1. The van der Waals surface area contributed by atoms with Crippen molar-refractivity contribution >= 4 is 33.4 Å². The molecule has 2 aromatic rings. The van der Waals surface area contributed by atoms with Gasteiger partial charge in [-0.25, -0.2) is 0 Å². The van der Waals surface area contributed by atoms with Crippen LogP contribution < -0.4 is 5.32 Å². The molecule has 144 valence electrons. The fraction of sp³-hybridized carbons (Fsp3) is 0.381. The maximum atomic E-state index is 12.3. The highest BCUT2D eigenvalue weighted by molar-refractivity contribution is 9.10. The third-order valence-corrected chi connectivity index (χ3v) is 5.36. The molecule has 2 unspecified atom stereocenters. The molecule has 2 atom stereocenters. The molecule has 0 spiro atoms. The lowest BCUT2D eigenvalue weighted by Gasteiger charge is -2.35.